The van der Waals surface area contributed by atoms with Crippen LogP contribution >= 0.6 is 33.9 Å². The van der Waals surface area contributed by atoms with Gasteiger partial charge < -0.3 is 0 Å². The van der Waals surface area contributed by atoms with Crippen LogP contribution in [0.2, 0.25) is 0 Å². The predicted molar refractivity (Wildman–Crippen MR) is 68.4 cm³/mol. The summed E-state index contributed by atoms with van der Waals surface area (Å²) in [7, 11) is 0. The maximum Gasteiger partial charge on any atom is 0.207 e. The van der Waals surface area contributed by atoms with Crippen molar-refractivity contribution in [3.8, 4) is 0 Å². The number of hydrogen-bond donors (Lipinski definition) is 0. The fourth-order valence-corrected chi connectivity index (χ4v) is 3.04. The Kier molecular flexibility index (Phi) is 3.20. The highest BCUT2D eigenvalue weighted by atomic mass is 127. The summed E-state index contributed by atoms with van der Waals surface area (Å²) >= 11 is 3.65. The minimum atomic E-state index is 0.0640. The number of halogens is 1. The van der Waals surface area contributed by atoms with Gasteiger partial charge in [-0.05, 0) is 41.0 Å². The van der Waals surface area contributed by atoms with Gasteiger partial charge in [0.1, 0.15) is 0 Å². The first-order valence-electron chi connectivity index (χ1n) is 4.52. The number of nitrogens with zero attached hydrogens (tertiary/aromatic N) is 2. The highest BCUT2D eigenvalue weighted by molar-refractivity contribution is 14.1. The summed E-state index contributed by atoms with van der Waals surface area (Å²) in [5.74, 6) is 0.0640. The summed E-state index contributed by atoms with van der Waals surface area (Å²) in [6, 6.07) is 1.95. The Balaban J connectivity index is 2.32. The average molecular weight is 332 g/mol. The van der Waals surface area contributed by atoms with Crippen LogP contribution < -0.4 is 0 Å². The van der Waals surface area contributed by atoms with Crippen molar-refractivity contribution in [2.75, 3.05) is 0 Å². The number of rotatable bonds is 3. The van der Waals surface area contributed by atoms with Crippen LogP contribution in [0.5, 0.6) is 0 Å². The van der Waals surface area contributed by atoms with Crippen LogP contribution in [-0.2, 0) is 6.54 Å². The van der Waals surface area contributed by atoms with Crippen LogP contribution in [0.1, 0.15) is 22.2 Å². The molecule has 0 aromatic carbocycles. The molecule has 78 valence electrons. The third kappa shape index (κ3) is 2.12. The lowest BCUT2D eigenvalue weighted by molar-refractivity contribution is 0.104. The molecule has 0 radical (unpaired) electrons. The molecule has 3 nitrogen and oxygen atoms in total. The molecule has 2 rings (SSSR count). The highest BCUT2D eigenvalue weighted by Gasteiger charge is 2.15. The summed E-state index contributed by atoms with van der Waals surface area (Å²) in [5.41, 5.74) is 0.664. The van der Waals surface area contributed by atoms with Gasteiger partial charge >= 0.3 is 0 Å². The van der Waals surface area contributed by atoms with E-state index in [1.807, 2.05) is 18.4 Å². The molecule has 0 N–H and O–H groups in total. The van der Waals surface area contributed by atoms with Crippen molar-refractivity contribution < 1.29 is 4.79 Å². The molecule has 15 heavy (non-hydrogen) atoms. The maximum absolute atomic E-state index is 12.0. The Bertz CT molecular complexity index is 489. The number of aryl methyl sites for hydroxylation is 1. The van der Waals surface area contributed by atoms with Crippen LogP contribution in [0.4, 0.5) is 0 Å². The quantitative estimate of drug-likeness (QED) is 0.640. The second-order valence-electron chi connectivity index (χ2n) is 3.01. The number of thiophene rings is 1. The van der Waals surface area contributed by atoms with E-state index in [1.54, 1.807) is 17.1 Å². The van der Waals surface area contributed by atoms with E-state index < -0.39 is 0 Å². The zero-order valence-corrected chi connectivity index (χ0v) is 11.1. The van der Waals surface area contributed by atoms with E-state index in [0.29, 0.717) is 5.56 Å². The van der Waals surface area contributed by atoms with Crippen molar-refractivity contribution in [3.05, 3.63) is 37.9 Å². The fourth-order valence-electron chi connectivity index (χ4n) is 1.24. The number of hydrogen-bond acceptors (Lipinski definition) is 3. The van der Waals surface area contributed by atoms with Gasteiger partial charge in [-0.2, -0.15) is 5.10 Å². The third-order valence-corrected chi connectivity index (χ3v) is 4.22. The lowest BCUT2D eigenvalue weighted by Gasteiger charge is -1.94. The molecule has 0 bridgehead atoms. The summed E-state index contributed by atoms with van der Waals surface area (Å²) < 4.78 is 2.76. The summed E-state index contributed by atoms with van der Waals surface area (Å²) in [4.78, 5) is 12.8. The summed E-state index contributed by atoms with van der Waals surface area (Å²) in [6.45, 7) is 2.78. The fraction of sp³-hybridized carbons (Fsp3) is 0.200. The largest absolute Gasteiger partial charge is 0.288 e. The first kappa shape index (κ1) is 10.8. The highest BCUT2D eigenvalue weighted by Crippen LogP contribution is 2.21. The first-order chi connectivity index (χ1) is 7.22. The van der Waals surface area contributed by atoms with Gasteiger partial charge in [0.2, 0.25) is 5.78 Å². The SMILES string of the molecule is CCn1cc(C(=O)c2sccc2I)cn1. The molecular formula is C10H9IN2OS. The average Bonchev–Trinajstić information content (AvgIpc) is 2.84. The van der Waals surface area contributed by atoms with Gasteiger partial charge in [0.05, 0.1) is 16.6 Å². The Morgan fingerprint density at radius 3 is 3.00 bits per heavy atom. The van der Waals surface area contributed by atoms with Crippen LogP contribution in [0.25, 0.3) is 0 Å². The molecule has 0 saturated heterocycles. The van der Waals surface area contributed by atoms with E-state index in [1.165, 1.54) is 11.3 Å². The molecule has 2 heterocycles. The minimum absolute atomic E-state index is 0.0640. The number of ketones is 1. The Hall–Kier alpha value is -0.690. The van der Waals surface area contributed by atoms with Gasteiger partial charge in [-0.1, -0.05) is 0 Å². The topological polar surface area (TPSA) is 34.9 Å². The monoisotopic (exact) mass is 332 g/mol. The molecule has 0 aliphatic rings. The number of carbonyl (C=O) groups excluding carboxylic acids is 1. The van der Waals surface area contributed by atoms with Gasteiger partial charge in [0, 0.05) is 16.3 Å². The van der Waals surface area contributed by atoms with Crippen molar-refractivity contribution in [3.63, 3.8) is 0 Å². The van der Waals surface area contributed by atoms with E-state index in [9.17, 15) is 4.79 Å². The third-order valence-electron chi connectivity index (χ3n) is 2.04. The second-order valence-corrected chi connectivity index (χ2v) is 5.09. The van der Waals surface area contributed by atoms with Crippen LogP contribution in [0.3, 0.4) is 0 Å². The van der Waals surface area contributed by atoms with Gasteiger partial charge in [-0.3, -0.25) is 9.48 Å². The zero-order valence-electron chi connectivity index (χ0n) is 8.11. The van der Waals surface area contributed by atoms with Crippen LogP contribution in [0.15, 0.2) is 23.8 Å². The molecule has 0 atom stereocenters. The van der Waals surface area contributed by atoms with Crippen LogP contribution in [0, 0.1) is 3.57 Å². The van der Waals surface area contributed by atoms with E-state index in [0.717, 1.165) is 15.0 Å². The Labute approximate surface area is 105 Å². The summed E-state index contributed by atoms with van der Waals surface area (Å²) in [6.07, 6.45) is 3.42. The van der Waals surface area contributed by atoms with E-state index >= 15 is 0 Å². The smallest absolute Gasteiger partial charge is 0.207 e. The van der Waals surface area contributed by atoms with E-state index in [2.05, 4.69) is 27.7 Å². The normalized spacial score (nSPS) is 10.5. The van der Waals surface area contributed by atoms with Crippen LogP contribution in [-0.4, -0.2) is 15.6 Å². The minimum Gasteiger partial charge on any atom is -0.288 e. The number of carbonyl (C=O) groups is 1. The molecule has 2 aromatic heterocycles. The Morgan fingerprint density at radius 1 is 1.67 bits per heavy atom. The van der Waals surface area contributed by atoms with Crippen molar-refractivity contribution in [2.24, 2.45) is 0 Å². The van der Waals surface area contributed by atoms with Crippen molar-refractivity contribution in [1.82, 2.24) is 9.78 Å². The molecule has 0 unspecified atom stereocenters. The molecule has 2 aromatic rings. The van der Waals surface area contributed by atoms with Gasteiger partial charge in [-0.15, -0.1) is 11.3 Å². The van der Waals surface area contributed by atoms with Crippen molar-refractivity contribution >= 4 is 39.7 Å². The second kappa shape index (κ2) is 4.44. The molecule has 0 saturated carbocycles. The lowest BCUT2D eigenvalue weighted by atomic mass is 10.2. The molecule has 0 amide bonds. The molecule has 0 aliphatic carbocycles. The predicted octanol–water partition coefficient (Wildman–Crippen LogP) is 2.80. The molecule has 0 fully saturated rings. The summed E-state index contributed by atoms with van der Waals surface area (Å²) in [5, 5.41) is 6.02. The zero-order chi connectivity index (χ0) is 10.8. The lowest BCUT2D eigenvalue weighted by Crippen LogP contribution is -1.99. The van der Waals surface area contributed by atoms with Gasteiger partial charge in [0.15, 0.2) is 0 Å². The van der Waals surface area contributed by atoms with Gasteiger partial charge in [0.25, 0.3) is 0 Å². The standard InChI is InChI=1S/C10H9IN2OS/c1-2-13-6-7(5-12-13)9(14)10-8(11)3-4-15-10/h3-6H,2H2,1H3. The molecule has 0 spiro atoms. The van der Waals surface area contributed by atoms with Crippen molar-refractivity contribution in [2.45, 2.75) is 13.5 Å². The van der Waals surface area contributed by atoms with E-state index in [4.69, 9.17) is 0 Å². The Morgan fingerprint density at radius 2 is 2.47 bits per heavy atom. The molecule has 0 aliphatic heterocycles. The number of aromatic nitrogens is 2. The van der Waals surface area contributed by atoms with Gasteiger partial charge in [-0.25, -0.2) is 0 Å². The maximum atomic E-state index is 12.0. The van der Waals surface area contributed by atoms with E-state index in [-0.39, 0.29) is 5.78 Å². The molecule has 5 heteroatoms. The molecular weight excluding hydrogens is 323 g/mol. The first-order valence-corrected chi connectivity index (χ1v) is 6.48. The van der Waals surface area contributed by atoms with Crippen molar-refractivity contribution in [1.29, 1.82) is 0 Å².